The van der Waals surface area contributed by atoms with Crippen LogP contribution >= 0.6 is 15.9 Å². The molecule has 0 atom stereocenters. The Kier molecular flexibility index (Phi) is 3.33. The molecule has 0 bridgehead atoms. The van der Waals surface area contributed by atoms with Crippen molar-refractivity contribution in [2.45, 2.75) is 4.90 Å². The second-order valence-corrected chi connectivity index (χ2v) is 4.97. The maximum atomic E-state index is 11.1. The number of hydrogen-bond acceptors (Lipinski definition) is 3. The minimum Gasteiger partial charge on any atom is -0.482 e. The number of benzene rings is 1. The Hall–Kier alpha value is -0.550. The van der Waals surface area contributed by atoms with Gasteiger partial charge in [0, 0.05) is 6.26 Å². The zero-order chi connectivity index (χ0) is 9.90. The predicted molar refractivity (Wildman–Crippen MR) is 54.0 cm³/mol. The lowest BCUT2D eigenvalue weighted by Crippen LogP contribution is -1.97. The SMILES string of the molecule is CS(=O)(=O)c1cccc(OCBr)c1. The van der Waals surface area contributed by atoms with E-state index >= 15 is 0 Å². The van der Waals surface area contributed by atoms with Crippen molar-refractivity contribution in [1.82, 2.24) is 0 Å². The van der Waals surface area contributed by atoms with E-state index in [0.29, 0.717) is 11.3 Å². The van der Waals surface area contributed by atoms with Gasteiger partial charge in [-0.05, 0) is 34.1 Å². The summed E-state index contributed by atoms with van der Waals surface area (Å²) in [4.78, 5) is 0.269. The molecule has 0 saturated carbocycles. The van der Waals surface area contributed by atoms with Crippen LogP contribution in [0.3, 0.4) is 0 Å². The van der Waals surface area contributed by atoms with E-state index in [2.05, 4.69) is 15.9 Å². The third-order valence-corrected chi connectivity index (χ3v) is 2.79. The summed E-state index contributed by atoms with van der Waals surface area (Å²) < 4.78 is 27.3. The highest BCUT2D eigenvalue weighted by Gasteiger charge is 2.07. The summed E-state index contributed by atoms with van der Waals surface area (Å²) >= 11 is 3.09. The van der Waals surface area contributed by atoms with Gasteiger partial charge in [-0.3, -0.25) is 0 Å². The van der Waals surface area contributed by atoms with Crippen molar-refractivity contribution in [3.63, 3.8) is 0 Å². The van der Waals surface area contributed by atoms with Crippen molar-refractivity contribution in [2.24, 2.45) is 0 Å². The molecule has 0 amide bonds. The molecule has 3 nitrogen and oxygen atoms in total. The Morgan fingerprint density at radius 3 is 2.69 bits per heavy atom. The molecule has 5 heteroatoms. The lowest BCUT2D eigenvalue weighted by atomic mass is 10.3. The summed E-state index contributed by atoms with van der Waals surface area (Å²) in [5, 5.41) is 0. The van der Waals surface area contributed by atoms with E-state index in [1.54, 1.807) is 12.1 Å². The Morgan fingerprint density at radius 1 is 1.46 bits per heavy atom. The van der Waals surface area contributed by atoms with Gasteiger partial charge in [0.2, 0.25) is 0 Å². The Balaban J connectivity index is 3.06. The number of ether oxygens (including phenoxy) is 1. The molecule has 72 valence electrons. The van der Waals surface area contributed by atoms with Crippen LogP contribution in [-0.4, -0.2) is 20.2 Å². The van der Waals surface area contributed by atoms with Gasteiger partial charge in [0.05, 0.1) is 4.90 Å². The van der Waals surface area contributed by atoms with E-state index in [1.807, 2.05) is 0 Å². The average molecular weight is 265 g/mol. The third-order valence-electron chi connectivity index (χ3n) is 1.45. The van der Waals surface area contributed by atoms with E-state index in [1.165, 1.54) is 18.4 Å². The van der Waals surface area contributed by atoms with E-state index in [0.717, 1.165) is 0 Å². The minimum atomic E-state index is -3.14. The van der Waals surface area contributed by atoms with Crippen molar-refractivity contribution in [2.75, 3.05) is 11.8 Å². The van der Waals surface area contributed by atoms with E-state index in [4.69, 9.17) is 4.74 Å². The summed E-state index contributed by atoms with van der Waals surface area (Å²) in [6.45, 7) is 0. The van der Waals surface area contributed by atoms with E-state index < -0.39 is 9.84 Å². The highest BCUT2D eigenvalue weighted by molar-refractivity contribution is 9.09. The lowest BCUT2D eigenvalue weighted by molar-refractivity contribution is 0.397. The quantitative estimate of drug-likeness (QED) is 0.783. The van der Waals surface area contributed by atoms with Crippen LogP contribution in [0.15, 0.2) is 29.2 Å². The van der Waals surface area contributed by atoms with Crippen molar-refractivity contribution in [1.29, 1.82) is 0 Å². The summed E-state index contributed by atoms with van der Waals surface area (Å²) in [6.07, 6.45) is 1.17. The Bertz CT molecular complexity index is 386. The Labute approximate surface area is 85.8 Å². The van der Waals surface area contributed by atoms with Gasteiger partial charge in [0.15, 0.2) is 9.84 Å². The molecule has 0 heterocycles. The molecule has 0 aromatic heterocycles. The van der Waals surface area contributed by atoms with Crippen LogP contribution in [0.5, 0.6) is 5.75 Å². The van der Waals surface area contributed by atoms with Gasteiger partial charge in [-0.2, -0.15) is 0 Å². The van der Waals surface area contributed by atoms with Gasteiger partial charge in [0.25, 0.3) is 0 Å². The number of sulfone groups is 1. The molecule has 0 fully saturated rings. The summed E-state index contributed by atoms with van der Waals surface area (Å²) in [6, 6.07) is 6.39. The normalized spacial score (nSPS) is 11.2. The molecule has 1 aromatic rings. The fraction of sp³-hybridized carbons (Fsp3) is 0.250. The molecule has 1 aromatic carbocycles. The number of alkyl halides is 1. The lowest BCUT2D eigenvalue weighted by Gasteiger charge is -2.03. The maximum absolute atomic E-state index is 11.1. The Morgan fingerprint density at radius 2 is 2.15 bits per heavy atom. The first-order valence-electron chi connectivity index (χ1n) is 3.53. The second kappa shape index (κ2) is 4.11. The smallest absolute Gasteiger partial charge is 0.175 e. The topological polar surface area (TPSA) is 43.4 Å². The molecular formula is C8H9BrO3S. The third kappa shape index (κ3) is 3.00. The van der Waals surface area contributed by atoms with Crippen molar-refractivity contribution >= 4 is 25.8 Å². The number of hydrogen-bond donors (Lipinski definition) is 0. The van der Waals surface area contributed by atoms with Crippen molar-refractivity contribution in [3.05, 3.63) is 24.3 Å². The van der Waals surface area contributed by atoms with Gasteiger partial charge >= 0.3 is 0 Å². The molecular weight excluding hydrogens is 256 g/mol. The first-order valence-corrected chi connectivity index (χ1v) is 6.54. The summed E-state index contributed by atoms with van der Waals surface area (Å²) in [5.41, 5.74) is 0.347. The molecule has 0 aliphatic carbocycles. The van der Waals surface area contributed by atoms with Crippen LogP contribution in [0, 0.1) is 0 Å². The fourth-order valence-corrected chi connectivity index (χ4v) is 1.78. The van der Waals surface area contributed by atoms with Crippen molar-refractivity contribution < 1.29 is 13.2 Å². The molecule has 0 spiro atoms. The van der Waals surface area contributed by atoms with Crippen LogP contribution in [0.4, 0.5) is 0 Å². The predicted octanol–water partition coefficient (Wildman–Crippen LogP) is 1.82. The number of halogens is 1. The van der Waals surface area contributed by atoms with Crippen LogP contribution in [0.1, 0.15) is 0 Å². The van der Waals surface area contributed by atoms with Gasteiger partial charge in [0.1, 0.15) is 11.3 Å². The van der Waals surface area contributed by atoms with E-state index in [-0.39, 0.29) is 4.90 Å². The van der Waals surface area contributed by atoms with Crippen LogP contribution < -0.4 is 4.74 Å². The molecule has 1 rings (SSSR count). The molecule has 0 unspecified atom stereocenters. The molecule has 0 aliphatic rings. The van der Waals surface area contributed by atoms with Gasteiger partial charge in [-0.15, -0.1) is 0 Å². The summed E-state index contributed by atoms with van der Waals surface area (Å²) in [5.74, 6) is 0.541. The number of rotatable bonds is 3. The van der Waals surface area contributed by atoms with Crippen LogP contribution in [0.25, 0.3) is 0 Å². The molecule has 0 radical (unpaired) electrons. The largest absolute Gasteiger partial charge is 0.482 e. The van der Waals surface area contributed by atoms with Crippen molar-refractivity contribution in [3.8, 4) is 5.75 Å². The van der Waals surface area contributed by atoms with Gasteiger partial charge in [-0.1, -0.05) is 6.07 Å². The first kappa shape index (κ1) is 10.5. The minimum absolute atomic E-state index is 0.269. The highest BCUT2D eigenvalue weighted by Crippen LogP contribution is 2.17. The average Bonchev–Trinajstić information content (AvgIpc) is 2.04. The monoisotopic (exact) mass is 264 g/mol. The molecule has 13 heavy (non-hydrogen) atoms. The molecule has 0 saturated heterocycles. The molecule has 0 aliphatic heterocycles. The highest BCUT2D eigenvalue weighted by atomic mass is 79.9. The van der Waals surface area contributed by atoms with Gasteiger partial charge < -0.3 is 4.74 Å². The second-order valence-electron chi connectivity index (χ2n) is 2.50. The zero-order valence-electron chi connectivity index (χ0n) is 7.03. The van der Waals surface area contributed by atoms with Crippen LogP contribution in [-0.2, 0) is 9.84 Å². The van der Waals surface area contributed by atoms with Gasteiger partial charge in [-0.25, -0.2) is 8.42 Å². The van der Waals surface area contributed by atoms with E-state index in [9.17, 15) is 8.42 Å². The molecule has 0 N–H and O–H groups in total. The first-order chi connectivity index (χ1) is 6.04. The fourth-order valence-electron chi connectivity index (χ4n) is 0.858. The van der Waals surface area contributed by atoms with Crippen LogP contribution in [0.2, 0.25) is 0 Å². The maximum Gasteiger partial charge on any atom is 0.175 e. The zero-order valence-corrected chi connectivity index (χ0v) is 9.43. The standard InChI is InChI=1S/C8H9BrO3S/c1-13(10,11)8-4-2-3-7(5-8)12-6-9/h2-5H,6H2,1H3. The summed E-state index contributed by atoms with van der Waals surface area (Å²) in [7, 11) is -3.14.